The fourth-order valence-electron chi connectivity index (χ4n) is 3.69. The van der Waals surface area contributed by atoms with Gasteiger partial charge in [-0.25, -0.2) is 0 Å². The first-order chi connectivity index (χ1) is 15.9. The molecule has 0 aromatic carbocycles. The first kappa shape index (κ1) is 32.4. The Kier molecular flexibility index (Phi) is 12.2. The molecule has 0 aromatic heterocycles. The Labute approximate surface area is 219 Å². The topological polar surface area (TPSA) is 48.0 Å². The third-order valence-corrected chi connectivity index (χ3v) is 17.3. The average molecular weight is 526 g/mol. The Hall–Kier alpha value is -0.656. The molecule has 1 saturated heterocycles. The van der Waals surface area contributed by atoms with Crippen LogP contribution in [0.25, 0.3) is 0 Å². The lowest BCUT2D eigenvalue weighted by Crippen LogP contribution is -2.48. The van der Waals surface area contributed by atoms with Gasteiger partial charge in [-0.3, -0.25) is 4.79 Å². The number of hydrogen-bond acceptors (Lipinski definition) is 4. The minimum Gasteiger partial charge on any atom is -0.414 e. The van der Waals surface area contributed by atoms with Crippen molar-refractivity contribution < 1.29 is 18.4 Å². The van der Waals surface area contributed by atoms with Gasteiger partial charge in [0, 0.05) is 19.6 Å². The van der Waals surface area contributed by atoms with E-state index >= 15 is 0 Å². The molecule has 0 aromatic rings. The Morgan fingerprint density at radius 1 is 1.00 bits per heavy atom. The van der Waals surface area contributed by atoms with Crippen LogP contribution >= 0.6 is 0 Å². The standard InChI is InChI=1S/C28H55NO4Si2/c1-23(17-19-26(30)29-20-14-13-15-24(29)21-31-8)16-18-25(33-35(11,12)28(5,6)7)22-32-34(9,10)27(2,3)4/h23-25H,13-16,18,20-22H2,1-12H3/t23?,24-,25-/m0/s1. The van der Waals surface area contributed by atoms with E-state index in [2.05, 4.69) is 86.5 Å². The molecule has 1 heterocycles. The predicted octanol–water partition coefficient (Wildman–Crippen LogP) is 6.85. The predicted molar refractivity (Wildman–Crippen MR) is 153 cm³/mol. The van der Waals surface area contributed by atoms with Crippen molar-refractivity contribution in [3.63, 3.8) is 0 Å². The van der Waals surface area contributed by atoms with E-state index in [0.29, 0.717) is 13.2 Å². The number of nitrogens with zero attached hydrogens (tertiary/aromatic N) is 1. The number of rotatable bonds is 10. The van der Waals surface area contributed by atoms with E-state index in [0.717, 1.165) is 38.6 Å². The molecule has 1 aliphatic heterocycles. The monoisotopic (exact) mass is 525 g/mol. The maximum Gasteiger partial charge on any atom is 0.298 e. The number of likely N-dealkylation sites (tertiary alicyclic amines) is 1. The molecular formula is C28H55NO4Si2. The zero-order valence-corrected chi connectivity index (χ0v) is 27.0. The minimum atomic E-state index is -1.93. The van der Waals surface area contributed by atoms with Crippen LogP contribution < -0.4 is 0 Å². The van der Waals surface area contributed by atoms with Gasteiger partial charge in [0.25, 0.3) is 5.91 Å². The van der Waals surface area contributed by atoms with E-state index in [1.165, 1.54) is 0 Å². The summed E-state index contributed by atoms with van der Waals surface area (Å²) in [6.45, 7) is 27.0. The Balaban J connectivity index is 2.84. The van der Waals surface area contributed by atoms with Crippen molar-refractivity contribution in [1.29, 1.82) is 0 Å². The number of carbonyl (C=O) groups is 1. The zero-order chi connectivity index (χ0) is 27.1. The number of ether oxygens (including phenoxy) is 1. The first-order valence-electron chi connectivity index (χ1n) is 13.5. The molecule has 1 unspecified atom stereocenters. The fraction of sp³-hybridized carbons (Fsp3) is 0.893. The Morgan fingerprint density at radius 3 is 2.14 bits per heavy atom. The van der Waals surface area contributed by atoms with Gasteiger partial charge in [-0.05, 0) is 74.3 Å². The Bertz CT molecular complexity index is 726. The van der Waals surface area contributed by atoms with Gasteiger partial charge in [0.1, 0.15) is 0 Å². The second-order valence-electron chi connectivity index (χ2n) is 13.4. The van der Waals surface area contributed by atoms with Crippen LogP contribution in [0.3, 0.4) is 0 Å². The molecule has 0 N–H and O–H groups in total. The quantitative estimate of drug-likeness (QED) is 0.231. The van der Waals surface area contributed by atoms with Gasteiger partial charge in [0.05, 0.1) is 25.4 Å². The summed E-state index contributed by atoms with van der Waals surface area (Å²) in [5.74, 6) is 6.23. The molecule has 0 radical (unpaired) electrons. The fourth-order valence-corrected chi connectivity index (χ4v) is 6.09. The van der Waals surface area contributed by atoms with Crippen LogP contribution in [-0.2, 0) is 18.4 Å². The summed E-state index contributed by atoms with van der Waals surface area (Å²) in [5, 5.41) is 0.316. The van der Waals surface area contributed by atoms with Crippen LogP contribution in [0.2, 0.25) is 36.3 Å². The molecule has 7 heteroatoms. The molecular weight excluding hydrogens is 470 g/mol. The molecule has 0 bridgehead atoms. The van der Waals surface area contributed by atoms with Crippen molar-refractivity contribution in [2.24, 2.45) is 5.92 Å². The summed E-state index contributed by atoms with van der Waals surface area (Å²) in [7, 11) is -2.09. The van der Waals surface area contributed by atoms with Crippen LogP contribution in [0.1, 0.15) is 80.6 Å². The summed E-state index contributed by atoms with van der Waals surface area (Å²) in [5.41, 5.74) is 0. The highest BCUT2D eigenvalue weighted by Gasteiger charge is 2.41. The molecule has 0 saturated carbocycles. The average Bonchev–Trinajstić information content (AvgIpc) is 2.72. The van der Waals surface area contributed by atoms with E-state index in [9.17, 15) is 4.79 Å². The van der Waals surface area contributed by atoms with E-state index in [-0.39, 0.29) is 34.0 Å². The molecule has 1 rings (SSSR count). The third kappa shape index (κ3) is 10.3. The highest BCUT2D eigenvalue weighted by atomic mass is 28.4. The van der Waals surface area contributed by atoms with Crippen molar-refractivity contribution in [3.05, 3.63) is 0 Å². The van der Waals surface area contributed by atoms with E-state index in [1.807, 2.05) is 4.90 Å². The van der Waals surface area contributed by atoms with Crippen molar-refractivity contribution in [1.82, 2.24) is 4.90 Å². The van der Waals surface area contributed by atoms with Crippen molar-refractivity contribution in [3.8, 4) is 11.8 Å². The van der Waals surface area contributed by atoms with Gasteiger partial charge in [-0.2, -0.15) is 0 Å². The maximum atomic E-state index is 12.8. The van der Waals surface area contributed by atoms with Crippen LogP contribution in [0, 0.1) is 17.8 Å². The number of amides is 1. The number of piperidine rings is 1. The summed E-state index contributed by atoms with van der Waals surface area (Å²) in [6, 6.07) is 0.153. The zero-order valence-electron chi connectivity index (χ0n) is 25.0. The highest BCUT2D eigenvalue weighted by Crippen LogP contribution is 2.39. The van der Waals surface area contributed by atoms with Gasteiger partial charge < -0.3 is 18.5 Å². The van der Waals surface area contributed by atoms with Crippen molar-refractivity contribution in [2.45, 2.75) is 129 Å². The number of methoxy groups -OCH3 is 1. The molecule has 1 aliphatic rings. The van der Waals surface area contributed by atoms with Gasteiger partial charge in [-0.15, -0.1) is 0 Å². The lowest BCUT2D eigenvalue weighted by atomic mass is 10.0. The second kappa shape index (κ2) is 13.2. The first-order valence-corrected chi connectivity index (χ1v) is 19.4. The summed E-state index contributed by atoms with van der Waals surface area (Å²) in [6.07, 6.45) is 5.02. The van der Waals surface area contributed by atoms with Gasteiger partial charge in [-0.1, -0.05) is 54.4 Å². The lowest BCUT2D eigenvalue weighted by molar-refractivity contribution is -0.129. The summed E-state index contributed by atoms with van der Waals surface area (Å²) >= 11 is 0. The SMILES string of the molecule is COC[C@@H]1CCCCN1C(=O)C#CC(C)CC[C@@H](CO[Si](C)(C)C(C)(C)C)O[Si](C)(C)C(C)(C)C. The Morgan fingerprint density at radius 2 is 1.60 bits per heavy atom. The molecule has 1 fully saturated rings. The van der Waals surface area contributed by atoms with Gasteiger partial charge >= 0.3 is 0 Å². The number of hydrogen-bond donors (Lipinski definition) is 0. The number of carbonyl (C=O) groups excluding carboxylic acids is 1. The smallest absolute Gasteiger partial charge is 0.298 e. The van der Waals surface area contributed by atoms with E-state index in [4.69, 9.17) is 13.6 Å². The summed E-state index contributed by atoms with van der Waals surface area (Å²) in [4.78, 5) is 14.7. The molecule has 5 nitrogen and oxygen atoms in total. The van der Waals surface area contributed by atoms with E-state index in [1.54, 1.807) is 7.11 Å². The molecule has 3 atom stereocenters. The largest absolute Gasteiger partial charge is 0.414 e. The van der Waals surface area contributed by atoms with Crippen LogP contribution in [0.5, 0.6) is 0 Å². The van der Waals surface area contributed by atoms with Crippen LogP contribution in [0.4, 0.5) is 0 Å². The molecule has 35 heavy (non-hydrogen) atoms. The van der Waals surface area contributed by atoms with Crippen molar-refractivity contribution in [2.75, 3.05) is 26.9 Å². The summed E-state index contributed by atoms with van der Waals surface area (Å²) < 4.78 is 18.7. The van der Waals surface area contributed by atoms with Crippen LogP contribution in [-0.4, -0.2) is 66.5 Å². The van der Waals surface area contributed by atoms with Crippen molar-refractivity contribution >= 4 is 22.5 Å². The molecule has 1 amide bonds. The minimum absolute atomic E-state index is 0.0538. The maximum absolute atomic E-state index is 12.8. The van der Waals surface area contributed by atoms with Gasteiger partial charge in [0.15, 0.2) is 16.6 Å². The second-order valence-corrected chi connectivity index (χ2v) is 23.0. The highest BCUT2D eigenvalue weighted by molar-refractivity contribution is 6.74. The van der Waals surface area contributed by atoms with Crippen LogP contribution in [0.15, 0.2) is 0 Å². The van der Waals surface area contributed by atoms with E-state index < -0.39 is 16.6 Å². The normalized spacial score (nSPS) is 19.7. The van der Waals surface area contributed by atoms with Gasteiger partial charge in [0.2, 0.25) is 0 Å². The third-order valence-electron chi connectivity index (χ3n) is 8.30. The molecule has 0 aliphatic carbocycles. The lowest BCUT2D eigenvalue weighted by Gasteiger charge is -2.41. The molecule has 204 valence electrons. The molecule has 0 spiro atoms.